The van der Waals surface area contributed by atoms with Crippen molar-refractivity contribution in [2.24, 2.45) is 0 Å². The first-order valence-electron chi connectivity index (χ1n) is 7.11. The Kier molecular flexibility index (Phi) is 4.66. The molecule has 0 spiro atoms. The molecule has 0 aliphatic heterocycles. The Morgan fingerprint density at radius 2 is 2.20 bits per heavy atom. The fourth-order valence-electron chi connectivity index (χ4n) is 2.42. The first kappa shape index (κ1) is 14.4. The Balaban J connectivity index is 2.26. The summed E-state index contributed by atoms with van der Waals surface area (Å²) in [6.07, 6.45) is 3.54. The maximum Gasteiger partial charge on any atom is 0.219 e. The first-order chi connectivity index (χ1) is 9.69. The number of rotatable bonds is 6. The summed E-state index contributed by atoms with van der Waals surface area (Å²) in [6.45, 7) is 4.68. The number of fused-ring (bicyclic) bond motifs is 1. The fraction of sp³-hybridized carbons (Fsp3) is 0.438. The van der Waals surface area contributed by atoms with Crippen molar-refractivity contribution in [3.8, 4) is 5.75 Å². The van der Waals surface area contributed by atoms with Crippen LogP contribution in [0.5, 0.6) is 5.75 Å². The van der Waals surface area contributed by atoms with Gasteiger partial charge >= 0.3 is 0 Å². The number of H-pyrrole nitrogens is 1. The van der Waals surface area contributed by atoms with E-state index in [0.29, 0.717) is 18.9 Å². The van der Waals surface area contributed by atoms with E-state index in [1.54, 1.807) is 7.11 Å². The van der Waals surface area contributed by atoms with E-state index in [1.807, 2.05) is 31.3 Å². The summed E-state index contributed by atoms with van der Waals surface area (Å²) in [5.41, 5.74) is 2.33. The number of aromatic amines is 1. The van der Waals surface area contributed by atoms with Gasteiger partial charge in [-0.25, -0.2) is 0 Å². The number of hydrogen-bond acceptors (Lipinski definition) is 2. The van der Waals surface area contributed by atoms with E-state index in [0.717, 1.165) is 17.7 Å². The van der Waals surface area contributed by atoms with Gasteiger partial charge in [0.05, 0.1) is 7.11 Å². The second-order valence-corrected chi connectivity index (χ2v) is 4.92. The molecule has 0 bridgehead atoms. The lowest BCUT2D eigenvalue weighted by Gasteiger charge is -2.15. The standard InChI is InChI=1S/C16H22N2O2/c1-4-11(9-18-16(19)5-2)14-10-17-15-7-6-12(20-3)8-13(14)15/h6-8,10-11,17H,4-5,9H2,1-3H3,(H,18,19). The molecular formula is C16H22N2O2. The molecule has 1 atom stereocenters. The molecule has 2 rings (SSSR count). The Bertz CT molecular complexity index is 589. The van der Waals surface area contributed by atoms with Gasteiger partial charge in [0.2, 0.25) is 5.91 Å². The van der Waals surface area contributed by atoms with E-state index in [1.165, 1.54) is 10.9 Å². The van der Waals surface area contributed by atoms with Crippen LogP contribution >= 0.6 is 0 Å². The van der Waals surface area contributed by atoms with Gasteiger partial charge in [-0.3, -0.25) is 4.79 Å². The van der Waals surface area contributed by atoms with Crippen molar-refractivity contribution in [3.05, 3.63) is 30.0 Å². The molecule has 1 unspecified atom stereocenters. The molecular weight excluding hydrogens is 252 g/mol. The third kappa shape index (κ3) is 2.95. The van der Waals surface area contributed by atoms with E-state index in [9.17, 15) is 4.79 Å². The molecule has 1 amide bonds. The van der Waals surface area contributed by atoms with Crippen LogP contribution in [0.3, 0.4) is 0 Å². The number of benzene rings is 1. The smallest absolute Gasteiger partial charge is 0.219 e. The van der Waals surface area contributed by atoms with Crippen molar-refractivity contribution in [2.45, 2.75) is 32.6 Å². The molecule has 20 heavy (non-hydrogen) atoms. The maximum absolute atomic E-state index is 11.4. The molecule has 2 aromatic rings. The molecule has 4 nitrogen and oxygen atoms in total. The van der Waals surface area contributed by atoms with Crippen molar-refractivity contribution in [1.82, 2.24) is 10.3 Å². The maximum atomic E-state index is 11.4. The highest BCUT2D eigenvalue weighted by molar-refractivity contribution is 5.85. The topological polar surface area (TPSA) is 54.1 Å². The summed E-state index contributed by atoms with van der Waals surface area (Å²) in [7, 11) is 1.67. The molecule has 0 radical (unpaired) electrons. The van der Waals surface area contributed by atoms with Crippen LogP contribution in [0.1, 0.15) is 38.2 Å². The molecule has 1 heterocycles. The highest BCUT2D eigenvalue weighted by atomic mass is 16.5. The summed E-state index contributed by atoms with van der Waals surface area (Å²) in [5.74, 6) is 1.26. The predicted molar refractivity (Wildman–Crippen MR) is 81.2 cm³/mol. The highest BCUT2D eigenvalue weighted by Crippen LogP contribution is 2.30. The molecule has 0 saturated carbocycles. The van der Waals surface area contributed by atoms with Crippen LogP contribution in [-0.2, 0) is 4.79 Å². The Labute approximate surface area is 119 Å². The molecule has 2 N–H and O–H groups in total. The van der Waals surface area contributed by atoms with Gasteiger partial charge in [-0.05, 0) is 30.2 Å². The van der Waals surface area contributed by atoms with Crippen LogP contribution in [0.25, 0.3) is 10.9 Å². The molecule has 1 aromatic heterocycles. The summed E-state index contributed by atoms with van der Waals surface area (Å²) in [5, 5.41) is 4.15. The lowest BCUT2D eigenvalue weighted by molar-refractivity contribution is -0.120. The summed E-state index contributed by atoms with van der Waals surface area (Å²) >= 11 is 0. The largest absolute Gasteiger partial charge is 0.497 e. The zero-order valence-corrected chi connectivity index (χ0v) is 12.3. The van der Waals surface area contributed by atoms with Gasteiger partial charge in [0.25, 0.3) is 0 Å². The molecule has 0 aliphatic carbocycles. The van der Waals surface area contributed by atoms with E-state index in [-0.39, 0.29) is 5.91 Å². The molecule has 108 valence electrons. The summed E-state index contributed by atoms with van der Waals surface area (Å²) in [4.78, 5) is 14.7. The average molecular weight is 274 g/mol. The lowest BCUT2D eigenvalue weighted by atomic mass is 9.96. The van der Waals surface area contributed by atoms with E-state index < -0.39 is 0 Å². The molecule has 0 aliphatic rings. The van der Waals surface area contributed by atoms with Gasteiger partial charge in [0.15, 0.2) is 0 Å². The summed E-state index contributed by atoms with van der Waals surface area (Å²) in [6, 6.07) is 6.02. The number of ether oxygens (including phenoxy) is 1. The summed E-state index contributed by atoms with van der Waals surface area (Å²) < 4.78 is 5.29. The number of amides is 1. The van der Waals surface area contributed by atoms with Crippen molar-refractivity contribution >= 4 is 16.8 Å². The number of nitrogens with one attached hydrogen (secondary N) is 2. The van der Waals surface area contributed by atoms with Crippen LogP contribution in [0.2, 0.25) is 0 Å². The Morgan fingerprint density at radius 3 is 2.85 bits per heavy atom. The Morgan fingerprint density at radius 1 is 1.40 bits per heavy atom. The predicted octanol–water partition coefficient (Wildman–Crippen LogP) is 3.20. The third-order valence-electron chi connectivity index (χ3n) is 3.72. The van der Waals surface area contributed by atoms with Gasteiger partial charge in [-0.15, -0.1) is 0 Å². The van der Waals surface area contributed by atoms with Crippen LogP contribution in [-0.4, -0.2) is 24.5 Å². The monoisotopic (exact) mass is 274 g/mol. The minimum absolute atomic E-state index is 0.0980. The van der Waals surface area contributed by atoms with Gasteiger partial charge < -0.3 is 15.0 Å². The fourth-order valence-corrected chi connectivity index (χ4v) is 2.42. The zero-order chi connectivity index (χ0) is 14.5. The van der Waals surface area contributed by atoms with E-state index >= 15 is 0 Å². The van der Waals surface area contributed by atoms with Crippen LogP contribution in [0.15, 0.2) is 24.4 Å². The van der Waals surface area contributed by atoms with Gasteiger partial charge in [-0.1, -0.05) is 13.8 Å². The Hall–Kier alpha value is -1.97. The normalized spacial score (nSPS) is 12.3. The molecule has 0 saturated heterocycles. The van der Waals surface area contributed by atoms with Crippen molar-refractivity contribution in [2.75, 3.05) is 13.7 Å². The average Bonchev–Trinajstić information content (AvgIpc) is 2.90. The number of carbonyl (C=O) groups excluding carboxylic acids is 1. The lowest BCUT2D eigenvalue weighted by Crippen LogP contribution is -2.27. The molecule has 0 fully saturated rings. The van der Waals surface area contributed by atoms with Crippen molar-refractivity contribution in [3.63, 3.8) is 0 Å². The van der Waals surface area contributed by atoms with Crippen molar-refractivity contribution < 1.29 is 9.53 Å². The third-order valence-corrected chi connectivity index (χ3v) is 3.72. The first-order valence-corrected chi connectivity index (χ1v) is 7.11. The van der Waals surface area contributed by atoms with E-state index in [4.69, 9.17) is 4.74 Å². The van der Waals surface area contributed by atoms with Gasteiger partial charge in [0, 0.05) is 36.0 Å². The quantitative estimate of drug-likeness (QED) is 0.850. The number of methoxy groups -OCH3 is 1. The van der Waals surface area contributed by atoms with Gasteiger partial charge in [-0.2, -0.15) is 0 Å². The van der Waals surface area contributed by atoms with E-state index in [2.05, 4.69) is 17.2 Å². The van der Waals surface area contributed by atoms with Crippen LogP contribution in [0.4, 0.5) is 0 Å². The highest BCUT2D eigenvalue weighted by Gasteiger charge is 2.15. The molecule has 4 heteroatoms. The minimum atomic E-state index is 0.0980. The van der Waals surface area contributed by atoms with Gasteiger partial charge in [0.1, 0.15) is 5.75 Å². The molecule has 1 aromatic carbocycles. The van der Waals surface area contributed by atoms with Crippen LogP contribution < -0.4 is 10.1 Å². The SMILES string of the molecule is CCC(=O)NCC(CC)c1c[nH]c2ccc(OC)cc12. The zero-order valence-electron chi connectivity index (χ0n) is 12.3. The second-order valence-electron chi connectivity index (χ2n) is 4.92. The number of hydrogen-bond donors (Lipinski definition) is 2. The van der Waals surface area contributed by atoms with Crippen LogP contribution in [0, 0.1) is 0 Å². The minimum Gasteiger partial charge on any atom is -0.497 e. The van der Waals surface area contributed by atoms with Crippen molar-refractivity contribution in [1.29, 1.82) is 0 Å². The number of carbonyl (C=O) groups is 1. The second kappa shape index (κ2) is 6.46. The number of aromatic nitrogens is 1.